The summed E-state index contributed by atoms with van der Waals surface area (Å²) >= 11 is 0. The number of aromatic nitrogens is 3. The van der Waals surface area contributed by atoms with Gasteiger partial charge in [-0.15, -0.1) is 0 Å². The van der Waals surface area contributed by atoms with Crippen molar-refractivity contribution in [3.05, 3.63) is 90.8 Å². The second kappa shape index (κ2) is 10.7. The van der Waals surface area contributed by atoms with Crippen molar-refractivity contribution in [1.29, 1.82) is 0 Å². The second-order valence-electron chi connectivity index (χ2n) is 9.11. The van der Waals surface area contributed by atoms with Crippen molar-refractivity contribution in [3.63, 3.8) is 0 Å². The minimum Gasteiger partial charge on any atom is -0.505 e. The number of hydrogen-bond acceptors (Lipinski definition) is 7. The van der Waals surface area contributed by atoms with Crippen LogP contribution in [0.15, 0.2) is 85.2 Å². The third-order valence-electron chi connectivity index (χ3n) is 6.49. The molecule has 0 unspecified atom stereocenters. The minimum atomic E-state index is -0.616. The van der Waals surface area contributed by atoms with Crippen LogP contribution >= 0.6 is 0 Å². The molecule has 0 spiro atoms. The molecule has 0 atom stereocenters. The van der Waals surface area contributed by atoms with E-state index in [4.69, 9.17) is 0 Å². The summed E-state index contributed by atoms with van der Waals surface area (Å²) in [6, 6.07) is 21.2. The Morgan fingerprint density at radius 2 is 1.36 bits per heavy atom. The molecule has 4 N–H and O–H groups in total. The van der Waals surface area contributed by atoms with Crippen molar-refractivity contribution >= 4 is 19.4 Å². The SMILES string of the molecule is Bc1c(O)c(O)c(-c2nc(-c3ccc(/C=C/CC)cc3)cc(-c3cccc(-c4cccnc4)c3)n2)c(O)c1O. The van der Waals surface area contributed by atoms with Crippen LogP contribution in [-0.2, 0) is 0 Å². The number of phenolic OH excluding ortho intramolecular Hbond substituents is 4. The molecule has 0 bridgehead atoms. The molecule has 0 fully saturated rings. The third-order valence-corrected chi connectivity index (χ3v) is 6.49. The molecule has 39 heavy (non-hydrogen) atoms. The van der Waals surface area contributed by atoms with Crippen molar-refractivity contribution in [2.45, 2.75) is 13.3 Å². The highest BCUT2D eigenvalue weighted by molar-refractivity contribution is 6.37. The van der Waals surface area contributed by atoms with E-state index in [1.54, 1.807) is 12.4 Å². The number of rotatable bonds is 6. The van der Waals surface area contributed by atoms with Crippen molar-refractivity contribution < 1.29 is 20.4 Å². The zero-order chi connectivity index (χ0) is 27.5. The smallest absolute Gasteiger partial charge is 0.172 e. The van der Waals surface area contributed by atoms with Gasteiger partial charge in [-0.2, -0.15) is 0 Å². The molecular weight excluding hydrogens is 489 g/mol. The Hall–Kier alpha value is -5.11. The Labute approximate surface area is 226 Å². The van der Waals surface area contributed by atoms with Crippen LogP contribution in [0.25, 0.3) is 51.1 Å². The highest BCUT2D eigenvalue weighted by Gasteiger charge is 2.25. The van der Waals surface area contributed by atoms with Gasteiger partial charge in [0, 0.05) is 34.5 Å². The van der Waals surface area contributed by atoms with Gasteiger partial charge >= 0.3 is 0 Å². The standard InChI is InChI=1S/C31H26BN3O4/c1-2-3-6-18-10-12-19(13-11-18)23-16-24(21-8-4-7-20(15-21)22-9-5-14-33-17-22)35-31(34-23)25-27(36)29(38)26(32)30(39)28(25)37/h3-17,36-39H,2,32H2,1H3/b6-3+. The van der Waals surface area contributed by atoms with Crippen LogP contribution < -0.4 is 5.46 Å². The van der Waals surface area contributed by atoms with Crippen molar-refractivity contribution in [2.24, 2.45) is 0 Å². The maximum atomic E-state index is 10.8. The summed E-state index contributed by atoms with van der Waals surface area (Å²) in [5.41, 5.74) is 5.22. The van der Waals surface area contributed by atoms with E-state index in [0.29, 0.717) is 11.4 Å². The van der Waals surface area contributed by atoms with Crippen LogP contribution in [-0.4, -0.2) is 43.2 Å². The first-order valence-electron chi connectivity index (χ1n) is 12.5. The Kier molecular flexibility index (Phi) is 7.01. The van der Waals surface area contributed by atoms with Crippen LogP contribution in [0.5, 0.6) is 23.0 Å². The predicted molar refractivity (Wildman–Crippen MR) is 156 cm³/mol. The highest BCUT2D eigenvalue weighted by atomic mass is 16.3. The number of allylic oxidation sites excluding steroid dienone is 1. The molecule has 0 amide bonds. The Balaban J connectivity index is 1.71. The molecule has 8 heteroatoms. The lowest BCUT2D eigenvalue weighted by Gasteiger charge is -2.15. The molecule has 5 rings (SSSR count). The monoisotopic (exact) mass is 515 g/mol. The van der Waals surface area contributed by atoms with Gasteiger partial charge in [-0.25, -0.2) is 9.97 Å². The largest absolute Gasteiger partial charge is 0.505 e. The van der Waals surface area contributed by atoms with Gasteiger partial charge in [0.1, 0.15) is 13.4 Å². The maximum absolute atomic E-state index is 10.8. The van der Waals surface area contributed by atoms with Gasteiger partial charge in [-0.3, -0.25) is 4.98 Å². The van der Waals surface area contributed by atoms with Crippen molar-refractivity contribution in [3.8, 4) is 68.0 Å². The maximum Gasteiger partial charge on any atom is 0.172 e. The molecule has 7 nitrogen and oxygen atoms in total. The molecule has 0 radical (unpaired) electrons. The summed E-state index contributed by atoms with van der Waals surface area (Å²) in [5.74, 6) is -2.39. The average Bonchev–Trinajstić information content (AvgIpc) is 2.98. The topological polar surface area (TPSA) is 120 Å². The van der Waals surface area contributed by atoms with E-state index in [-0.39, 0.29) is 16.9 Å². The van der Waals surface area contributed by atoms with E-state index in [1.807, 2.05) is 72.8 Å². The first kappa shape index (κ1) is 25.5. The predicted octanol–water partition coefficient (Wildman–Crippen LogP) is 5.04. The van der Waals surface area contributed by atoms with E-state index in [0.717, 1.165) is 34.2 Å². The van der Waals surface area contributed by atoms with E-state index in [2.05, 4.69) is 28.0 Å². The van der Waals surface area contributed by atoms with Crippen LogP contribution in [0.4, 0.5) is 0 Å². The Morgan fingerprint density at radius 3 is 2.00 bits per heavy atom. The molecule has 192 valence electrons. The highest BCUT2D eigenvalue weighted by Crippen LogP contribution is 2.46. The third kappa shape index (κ3) is 5.04. The first-order valence-corrected chi connectivity index (χ1v) is 12.5. The van der Waals surface area contributed by atoms with Crippen molar-refractivity contribution in [2.75, 3.05) is 0 Å². The van der Waals surface area contributed by atoms with Crippen LogP contribution in [0.3, 0.4) is 0 Å². The normalized spacial score (nSPS) is 11.2. The number of pyridine rings is 1. The molecule has 3 aromatic carbocycles. The average molecular weight is 515 g/mol. The zero-order valence-electron chi connectivity index (χ0n) is 21.5. The molecule has 0 saturated carbocycles. The second-order valence-corrected chi connectivity index (χ2v) is 9.11. The number of aromatic hydroxyl groups is 4. The summed E-state index contributed by atoms with van der Waals surface area (Å²) in [5, 5.41) is 42.3. The Bertz CT molecular complexity index is 1660. The molecule has 2 heterocycles. The lowest BCUT2D eigenvalue weighted by molar-refractivity contribution is 0.380. The lowest BCUT2D eigenvalue weighted by Crippen LogP contribution is -2.06. The Morgan fingerprint density at radius 1 is 0.718 bits per heavy atom. The van der Waals surface area contributed by atoms with Crippen LogP contribution in [0, 0.1) is 0 Å². The van der Waals surface area contributed by atoms with E-state index in [9.17, 15) is 20.4 Å². The van der Waals surface area contributed by atoms with Crippen molar-refractivity contribution in [1.82, 2.24) is 15.0 Å². The number of hydrogen-bond donors (Lipinski definition) is 4. The summed E-state index contributed by atoms with van der Waals surface area (Å²) in [4.78, 5) is 13.5. The van der Waals surface area contributed by atoms with E-state index in [1.165, 1.54) is 7.85 Å². The molecule has 5 aromatic rings. The molecule has 2 aromatic heterocycles. The first-order chi connectivity index (χ1) is 18.9. The molecule has 0 saturated heterocycles. The van der Waals surface area contributed by atoms with Gasteiger partial charge in [0.2, 0.25) is 0 Å². The molecule has 0 aliphatic heterocycles. The van der Waals surface area contributed by atoms with Gasteiger partial charge in [0.05, 0.1) is 11.4 Å². The number of benzene rings is 3. The van der Waals surface area contributed by atoms with Crippen LogP contribution in [0.2, 0.25) is 0 Å². The number of phenols is 4. The van der Waals surface area contributed by atoms with Gasteiger partial charge in [-0.1, -0.05) is 67.6 Å². The van der Waals surface area contributed by atoms with Crippen LogP contribution in [0.1, 0.15) is 18.9 Å². The zero-order valence-corrected chi connectivity index (χ0v) is 21.5. The summed E-state index contributed by atoms with van der Waals surface area (Å²) < 4.78 is 0. The molecule has 0 aliphatic carbocycles. The van der Waals surface area contributed by atoms with Gasteiger partial charge in [0.15, 0.2) is 28.8 Å². The summed E-state index contributed by atoms with van der Waals surface area (Å²) in [6.07, 6.45) is 8.54. The summed E-state index contributed by atoms with van der Waals surface area (Å²) in [6.45, 7) is 2.07. The minimum absolute atomic E-state index is 0.0509. The van der Waals surface area contributed by atoms with Gasteiger partial charge in [-0.05, 0) is 35.7 Å². The van der Waals surface area contributed by atoms with E-state index < -0.39 is 23.0 Å². The fourth-order valence-electron chi connectivity index (χ4n) is 4.29. The fraction of sp³-hybridized carbons (Fsp3) is 0.0645. The summed E-state index contributed by atoms with van der Waals surface area (Å²) in [7, 11) is 1.38. The number of nitrogens with zero attached hydrogens (tertiary/aromatic N) is 3. The fourth-order valence-corrected chi connectivity index (χ4v) is 4.29. The molecule has 0 aliphatic rings. The molecular formula is C31H26BN3O4. The quantitative estimate of drug-likeness (QED) is 0.142. The lowest BCUT2D eigenvalue weighted by atomic mass is 9.90. The van der Waals surface area contributed by atoms with E-state index >= 15 is 0 Å². The van der Waals surface area contributed by atoms with Gasteiger partial charge < -0.3 is 20.4 Å². The van der Waals surface area contributed by atoms with Gasteiger partial charge in [0.25, 0.3) is 0 Å².